The Balaban J connectivity index is 2.35. The van der Waals surface area contributed by atoms with Crippen LogP contribution in [0.3, 0.4) is 0 Å². The first-order valence-electron chi connectivity index (χ1n) is 5.30. The van der Waals surface area contributed by atoms with Crippen molar-refractivity contribution in [3.8, 4) is 0 Å². The maximum Gasteiger partial charge on any atom is 0.175 e. The Morgan fingerprint density at radius 1 is 1.38 bits per heavy atom. The number of benzene rings is 1. The number of hydrogen-bond acceptors (Lipinski definition) is 2. The first-order valence-corrected chi connectivity index (χ1v) is 5.71. The summed E-state index contributed by atoms with van der Waals surface area (Å²) in [5, 5.41) is 3.87. The lowest BCUT2D eigenvalue weighted by Crippen LogP contribution is -2.35. The molecular formula is C12H16N2OS. The molecule has 0 unspecified atom stereocenters. The molecule has 0 aliphatic carbocycles. The van der Waals surface area contributed by atoms with Gasteiger partial charge in [0.2, 0.25) is 0 Å². The second-order valence-electron chi connectivity index (χ2n) is 4.01. The number of anilines is 1. The third kappa shape index (κ3) is 1.90. The van der Waals surface area contributed by atoms with Gasteiger partial charge in [-0.3, -0.25) is 4.90 Å². The van der Waals surface area contributed by atoms with Crippen LogP contribution in [0.1, 0.15) is 11.1 Å². The van der Waals surface area contributed by atoms with Gasteiger partial charge in [0.05, 0.1) is 6.54 Å². The smallest absolute Gasteiger partial charge is 0.175 e. The van der Waals surface area contributed by atoms with Crippen LogP contribution in [0.25, 0.3) is 0 Å². The maximum absolute atomic E-state index is 5.39. The van der Waals surface area contributed by atoms with Gasteiger partial charge in [-0.1, -0.05) is 6.07 Å². The maximum atomic E-state index is 5.39. The van der Waals surface area contributed by atoms with Crippen molar-refractivity contribution in [3.63, 3.8) is 0 Å². The number of nitrogens with zero attached hydrogens (tertiary/aromatic N) is 1. The first kappa shape index (κ1) is 11.4. The Morgan fingerprint density at radius 2 is 2.12 bits per heavy atom. The van der Waals surface area contributed by atoms with E-state index in [1.54, 1.807) is 7.11 Å². The van der Waals surface area contributed by atoms with Crippen molar-refractivity contribution in [1.82, 2.24) is 5.32 Å². The van der Waals surface area contributed by atoms with Crippen molar-refractivity contribution in [2.24, 2.45) is 0 Å². The Morgan fingerprint density at radius 3 is 2.75 bits per heavy atom. The average Bonchev–Trinajstić information content (AvgIpc) is 2.64. The van der Waals surface area contributed by atoms with E-state index >= 15 is 0 Å². The number of rotatable bonds is 2. The molecule has 86 valence electrons. The van der Waals surface area contributed by atoms with Gasteiger partial charge < -0.3 is 10.1 Å². The average molecular weight is 236 g/mol. The lowest BCUT2D eigenvalue weighted by atomic mass is 10.1. The van der Waals surface area contributed by atoms with Crippen LogP contribution in [0.2, 0.25) is 0 Å². The third-order valence-corrected chi connectivity index (χ3v) is 3.32. The molecule has 3 nitrogen and oxygen atoms in total. The highest BCUT2D eigenvalue weighted by molar-refractivity contribution is 7.80. The lowest BCUT2D eigenvalue weighted by Gasteiger charge is -2.24. The molecule has 1 N–H and O–H groups in total. The topological polar surface area (TPSA) is 24.5 Å². The van der Waals surface area contributed by atoms with Crippen LogP contribution in [0, 0.1) is 13.8 Å². The van der Waals surface area contributed by atoms with Crippen LogP contribution in [-0.2, 0) is 4.74 Å². The summed E-state index contributed by atoms with van der Waals surface area (Å²) in [6.07, 6.45) is -0.00499. The number of thiocarbonyl (C=S) groups is 1. The predicted molar refractivity (Wildman–Crippen MR) is 69.8 cm³/mol. The Kier molecular flexibility index (Phi) is 3.12. The van der Waals surface area contributed by atoms with E-state index < -0.39 is 0 Å². The molecule has 0 spiro atoms. The summed E-state index contributed by atoms with van der Waals surface area (Å²) >= 11 is 5.28. The van der Waals surface area contributed by atoms with Crippen LogP contribution in [0.5, 0.6) is 0 Å². The largest absolute Gasteiger partial charge is 0.359 e. The van der Waals surface area contributed by atoms with Crippen LogP contribution < -0.4 is 10.2 Å². The van der Waals surface area contributed by atoms with Gasteiger partial charge in [-0.05, 0) is 49.3 Å². The molecule has 1 aliphatic heterocycles. The van der Waals surface area contributed by atoms with Crippen LogP contribution in [0.15, 0.2) is 18.2 Å². The third-order valence-electron chi connectivity index (χ3n) is 2.98. The number of hydrogen-bond donors (Lipinski definition) is 1. The molecule has 4 heteroatoms. The van der Waals surface area contributed by atoms with Gasteiger partial charge in [0.25, 0.3) is 0 Å². The SMILES string of the molecule is CO[C@H]1CNC(=S)N1c1ccc(C)c(C)c1. The quantitative estimate of drug-likeness (QED) is 0.794. The van der Waals surface area contributed by atoms with Gasteiger partial charge in [-0.2, -0.15) is 0 Å². The molecular weight excluding hydrogens is 220 g/mol. The fourth-order valence-corrected chi connectivity index (χ4v) is 2.14. The van der Waals surface area contributed by atoms with Gasteiger partial charge in [-0.15, -0.1) is 0 Å². The van der Waals surface area contributed by atoms with Crippen molar-refractivity contribution in [2.45, 2.75) is 20.1 Å². The zero-order valence-electron chi connectivity index (χ0n) is 9.78. The van der Waals surface area contributed by atoms with E-state index in [2.05, 4.69) is 37.4 Å². The minimum Gasteiger partial charge on any atom is -0.359 e. The molecule has 1 saturated heterocycles. The van der Waals surface area contributed by atoms with E-state index in [0.29, 0.717) is 0 Å². The van der Waals surface area contributed by atoms with Crippen molar-refractivity contribution >= 4 is 23.0 Å². The summed E-state index contributed by atoms with van der Waals surface area (Å²) in [5.41, 5.74) is 3.64. The molecule has 1 aromatic rings. The van der Waals surface area contributed by atoms with E-state index in [9.17, 15) is 0 Å². The summed E-state index contributed by atoms with van der Waals surface area (Å²) in [4.78, 5) is 2.02. The minimum atomic E-state index is -0.00499. The van der Waals surface area contributed by atoms with Crippen molar-refractivity contribution in [1.29, 1.82) is 0 Å². The predicted octanol–water partition coefficient (Wildman–Crippen LogP) is 1.97. The Labute approximate surface area is 101 Å². The molecule has 0 amide bonds. The number of aryl methyl sites for hydroxylation is 2. The van der Waals surface area contributed by atoms with Gasteiger partial charge in [0.15, 0.2) is 11.3 Å². The monoisotopic (exact) mass is 236 g/mol. The lowest BCUT2D eigenvalue weighted by molar-refractivity contribution is 0.123. The number of methoxy groups -OCH3 is 1. The highest BCUT2D eigenvalue weighted by Crippen LogP contribution is 2.23. The molecule has 1 aliphatic rings. The summed E-state index contributed by atoms with van der Waals surface area (Å²) in [7, 11) is 1.70. The fourth-order valence-electron chi connectivity index (χ4n) is 1.83. The summed E-state index contributed by atoms with van der Waals surface area (Å²) in [6.45, 7) is 4.95. The fraction of sp³-hybridized carbons (Fsp3) is 0.417. The zero-order chi connectivity index (χ0) is 11.7. The molecule has 0 radical (unpaired) electrons. The van der Waals surface area contributed by atoms with E-state index in [4.69, 9.17) is 17.0 Å². The van der Waals surface area contributed by atoms with Crippen molar-refractivity contribution in [3.05, 3.63) is 29.3 Å². The number of ether oxygens (including phenoxy) is 1. The minimum absolute atomic E-state index is 0.00499. The van der Waals surface area contributed by atoms with Gasteiger partial charge in [0.1, 0.15) is 0 Å². The molecule has 1 fully saturated rings. The van der Waals surface area contributed by atoms with Crippen LogP contribution >= 0.6 is 12.2 Å². The highest BCUT2D eigenvalue weighted by Gasteiger charge is 2.28. The Hall–Kier alpha value is -1.13. The van der Waals surface area contributed by atoms with Crippen molar-refractivity contribution in [2.75, 3.05) is 18.6 Å². The number of nitrogens with one attached hydrogen (secondary N) is 1. The second-order valence-corrected chi connectivity index (χ2v) is 4.40. The van der Waals surface area contributed by atoms with E-state index in [1.165, 1.54) is 11.1 Å². The van der Waals surface area contributed by atoms with Crippen LogP contribution in [0.4, 0.5) is 5.69 Å². The van der Waals surface area contributed by atoms with E-state index in [1.807, 2.05) is 4.90 Å². The molecule has 0 aromatic heterocycles. The highest BCUT2D eigenvalue weighted by atomic mass is 32.1. The van der Waals surface area contributed by atoms with Gasteiger partial charge >= 0.3 is 0 Å². The summed E-state index contributed by atoms with van der Waals surface area (Å²) in [5.74, 6) is 0. The summed E-state index contributed by atoms with van der Waals surface area (Å²) < 4.78 is 5.39. The second kappa shape index (κ2) is 4.39. The normalized spacial score (nSPS) is 20.1. The molecule has 1 heterocycles. The van der Waals surface area contributed by atoms with Crippen molar-refractivity contribution < 1.29 is 4.74 Å². The zero-order valence-corrected chi connectivity index (χ0v) is 10.6. The van der Waals surface area contributed by atoms with Gasteiger partial charge in [-0.25, -0.2) is 0 Å². The standard InChI is InChI=1S/C12H16N2OS/c1-8-4-5-10(6-9(8)2)14-11(15-3)7-13-12(14)16/h4-6,11H,7H2,1-3H3,(H,13,16)/t11-/m0/s1. The molecule has 1 aromatic carbocycles. The van der Waals surface area contributed by atoms with E-state index in [-0.39, 0.29) is 6.23 Å². The molecule has 0 saturated carbocycles. The molecule has 2 rings (SSSR count). The molecule has 1 atom stereocenters. The Bertz CT molecular complexity index is 419. The molecule has 0 bridgehead atoms. The van der Waals surface area contributed by atoms with E-state index in [0.717, 1.165) is 17.3 Å². The first-order chi connectivity index (χ1) is 7.63. The van der Waals surface area contributed by atoms with Crippen LogP contribution in [-0.4, -0.2) is 25.0 Å². The summed E-state index contributed by atoms with van der Waals surface area (Å²) in [6, 6.07) is 6.33. The molecule has 16 heavy (non-hydrogen) atoms. The van der Waals surface area contributed by atoms with Gasteiger partial charge in [0, 0.05) is 12.8 Å².